The number of aliphatic hydroxyl groups is 1. The molecular formula is C33H35F6NO6. The average molecular weight is 656 g/mol. The Morgan fingerprint density at radius 3 is 1.83 bits per heavy atom. The summed E-state index contributed by atoms with van der Waals surface area (Å²) in [7, 11) is 0. The molecule has 0 amide bonds. The van der Waals surface area contributed by atoms with E-state index < -0.39 is 41.0 Å². The second-order valence-electron chi connectivity index (χ2n) is 12.0. The summed E-state index contributed by atoms with van der Waals surface area (Å²) < 4.78 is 103. The van der Waals surface area contributed by atoms with E-state index in [1.54, 1.807) is 6.07 Å². The zero-order valence-corrected chi connectivity index (χ0v) is 25.2. The van der Waals surface area contributed by atoms with Crippen molar-refractivity contribution in [2.75, 3.05) is 26.3 Å². The lowest BCUT2D eigenvalue weighted by Crippen LogP contribution is -2.53. The number of rotatable bonds is 10. The minimum atomic E-state index is -4.91. The molecule has 5 rings (SSSR count). The number of nitrogens with one attached hydrogen (secondary N) is 1. The Labute approximate surface area is 262 Å². The van der Waals surface area contributed by atoms with Gasteiger partial charge in [-0.15, -0.1) is 26.3 Å². The number of halogens is 6. The summed E-state index contributed by atoms with van der Waals surface area (Å²) in [5.41, 5.74) is -1.50. The van der Waals surface area contributed by atoms with Crippen LogP contribution in [-0.2, 0) is 21.5 Å². The molecule has 0 aromatic heterocycles. The predicted octanol–water partition coefficient (Wildman–Crippen LogP) is 6.86. The maximum absolute atomic E-state index is 12.9. The van der Waals surface area contributed by atoms with Gasteiger partial charge in [0.05, 0.1) is 6.61 Å². The summed E-state index contributed by atoms with van der Waals surface area (Å²) in [6.45, 7) is 5.30. The number of piperidine rings is 1. The van der Waals surface area contributed by atoms with Crippen molar-refractivity contribution in [1.82, 2.24) is 5.32 Å². The summed E-state index contributed by atoms with van der Waals surface area (Å²) in [6, 6.07) is 17.1. The van der Waals surface area contributed by atoms with Gasteiger partial charge in [-0.3, -0.25) is 0 Å². The minimum absolute atomic E-state index is 0.252. The van der Waals surface area contributed by atoms with Gasteiger partial charge in [-0.05, 0) is 99.3 Å². The molecule has 2 fully saturated rings. The number of benzene rings is 3. The van der Waals surface area contributed by atoms with Crippen LogP contribution in [0.5, 0.6) is 17.2 Å². The van der Waals surface area contributed by atoms with Crippen molar-refractivity contribution in [2.24, 2.45) is 5.41 Å². The summed E-state index contributed by atoms with van der Waals surface area (Å²) in [6.07, 6.45) is -8.92. The van der Waals surface area contributed by atoms with Gasteiger partial charge in [-0.2, -0.15) is 0 Å². The van der Waals surface area contributed by atoms with E-state index in [-0.39, 0.29) is 23.8 Å². The van der Waals surface area contributed by atoms with E-state index in [1.165, 1.54) is 24.3 Å². The van der Waals surface area contributed by atoms with Gasteiger partial charge in [0.2, 0.25) is 0 Å². The molecular weight excluding hydrogens is 620 g/mol. The first-order valence-electron chi connectivity index (χ1n) is 14.8. The molecule has 0 saturated carbocycles. The number of hydrogen-bond donors (Lipinski definition) is 2. The summed E-state index contributed by atoms with van der Waals surface area (Å²) in [5.74, 6) is -1.08. The van der Waals surface area contributed by atoms with Gasteiger partial charge in [0.25, 0.3) is 0 Å². The molecule has 2 saturated heterocycles. The lowest BCUT2D eigenvalue weighted by Gasteiger charge is -2.51. The first-order chi connectivity index (χ1) is 21.6. The van der Waals surface area contributed by atoms with Gasteiger partial charge >= 0.3 is 12.7 Å². The molecule has 2 N–H and O–H groups in total. The number of alkyl halides is 6. The van der Waals surface area contributed by atoms with Gasteiger partial charge in [-0.1, -0.05) is 36.4 Å². The Bertz CT molecular complexity index is 1390. The fourth-order valence-corrected chi connectivity index (χ4v) is 6.32. The minimum Gasteiger partial charge on any atom is -0.491 e. The van der Waals surface area contributed by atoms with Crippen LogP contribution in [0.1, 0.15) is 43.4 Å². The topological polar surface area (TPSA) is 78.4 Å². The average Bonchev–Trinajstić information content (AvgIpc) is 3.34. The van der Waals surface area contributed by atoms with Crippen molar-refractivity contribution < 1.29 is 55.1 Å². The molecule has 3 aromatic carbocycles. The van der Waals surface area contributed by atoms with Crippen LogP contribution in [-0.4, -0.2) is 56.0 Å². The molecule has 1 unspecified atom stereocenters. The molecule has 0 aliphatic carbocycles. The number of ether oxygens (including phenoxy) is 5. The van der Waals surface area contributed by atoms with Crippen LogP contribution >= 0.6 is 0 Å². The van der Waals surface area contributed by atoms with Crippen molar-refractivity contribution >= 4 is 0 Å². The van der Waals surface area contributed by atoms with Gasteiger partial charge in [0.15, 0.2) is 5.79 Å². The second kappa shape index (κ2) is 12.9. The highest BCUT2D eigenvalue weighted by Crippen LogP contribution is 2.53. The lowest BCUT2D eigenvalue weighted by molar-refractivity contribution is -0.275. The first kappa shape index (κ1) is 33.8. The van der Waals surface area contributed by atoms with Crippen LogP contribution in [0.15, 0.2) is 72.8 Å². The highest BCUT2D eigenvalue weighted by molar-refractivity contribution is 5.44. The molecule has 1 atom stereocenters. The monoisotopic (exact) mass is 655 g/mol. The van der Waals surface area contributed by atoms with E-state index in [2.05, 4.69) is 14.8 Å². The Balaban J connectivity index is 1.51. The normalized spacial score (nSPS) is 19.9. The van der Waals surface area contributed by atoms with Crippen molar-refractivity contribution in [2.45, 2.75) is 63.3 Å². The third kappa shape index (κ3) is 8.06. The van der Waals surface area contributed by atoms with Gasteiger partial charge in [0, 0.05) is 5.41 Å². The zero-order chi connectivity index (χ0) is 33.2. The molecule has 2 aliphatic heterocycles. The van der Waals surface area contributed by atoms with Gasteiger partial charge < -0.3 is 34.1 Å². The van der Waals surface area contributed by atoms with E-state index in [4.69, 9.17) is 14.2 Å². The highest BCUT2D eigenvalue weighted by atomic mass is 19.4. The first-order valence-corrected chi connectivity index (χ1v) is 14.8. The second-order valence-corrected chi connectivity index (χ2v) is 12.0. The molecule has 2 aliphatic rings. The fraction of sp³-hybridized carbons (Fsp3) is 0.455. The maximum atomic E-state index is 12.9. The van der Waals surface area contributed by atoms with Gasteiger partial charge in [0.1, 0.15) is 35.6 Å². The Kier molecular flexibility index (Phi) is 9.52. The quantitative estimate of drug-likeness (QED) is 0.231. The van der Waals surface area contributed by atoms with E-state index in [0.717, 1.165) is 29.8 Å². The van der Waals surface area contributed by atoms with Crippen molar-refractivity contribution in [3.05, 3.63) is 89.5 Å². The van der Waals surface area contributed by atoms with Crippen LogP contribution in [0.4, 0.5) is 26.3 Å². The van der Waals surface area contributed by atoms with E-state index in [9.17, 15) is 31.4 Å². The Morgan fingerprint density at radius 1 is 0.804 bits per heavy atom. The van der Waals surface area contributed by atoms with Gasteiger partial charge in [-0.25, -0.2) is 0 Å². The van der Waals surface area contributed by atoms with E-state index in [0.29, 0.717) is 44.7 Å². The maximum Gasteiger partial charge on any atom is 0.573 e. The molecule has 0 bridgehead atoms. The molecule has 46 heavy (non-hydrogen) atoms. The number of hydrogen-bond acceptors (Lipinski definition) is 7. The Hall–Kier alpha value is -3.52. The fourth-order valence-electron chi connectivity index (χ4n) is 6.32. The predicted molar refractivity (Wildman–Crippen MR) is 154 cm³/mol. The third-order valence-corrected chi connectivity index (χ3v) is 8.28. The molecule has 2 heterocycles. The molecule has 250 valence electrons. The van der Waals surface area contributed by atoms with Crippen LogP contribution in [0, 0.1) is 5.41 Å². The van der Waals surface area contributed by atoms with Crippen LogP contribution in [0.3, 0.4) is 0 Å². The zero-order valence-electron chi connectivity index (χ0n) is 25.2. The van der Waals surface area contributed by atoms with Crippen LogP contribution in [0.25, 0.3) is 0 Å². The van der Waals surface area contributed by atoms with Crippen LogP contribution in [0.2, 0.25) is 0 Å². The van der Waals surface area contributed by atoms with Crippen molar-refractivity contribution in [3.63, 3.8) is 0 Å². The smallest absolute Gasteiger partial charge is 0.491 e. The SMILES string of the molecule is CC1(C)OCC(COc2cccc(CC3(C(O)(c4ccc(OC(F)(F)F)cc4)c4ccc(OC(F)(F)F)cc4)CCNCC3)c2)O1. The van der Waals surface area contributed by atoms with Crippen LogP contribution < -0.4 is 19.5 Å². The van der Waals surface area contributed by atoms with E-state index >= 15 is 0 Å². The molecule has 3 aromatic rings. The molecule has 13 heteroatoms. The van der Waals surface area contributed by atoms with Crippen molar-refractivity contribution in [3.8, 4) is 17.2 Å². The summed E-state index contributed by atoms with van der Waals surface area (Å²) in [5, 5.41) is 16.2. The molecule has 0 radical (unpaired) electrons. The van der Waals surface area contributed by atoms with E-state index in [1.807, 2.05) is 32.0 Å². The highest BCUT2D eigenvalue weighted by Gasteiger charge is 2.53. The molecule has 0 spiro atoms. The lowest BCUT2D eigenvalue weighted by atomic mass is 9.58. The van der Waals surface area contributed by atoms with Crippen molar-refractivity contribution in [1.29, 1.82) is 0 Å². The Morgan fingerprint density at radius 2 is 1.35 bits per heavy atom. The summed E-state index contributed by atoms with van der Waals surface area (Å²) in [4.78, 5) is 0. The largest absolute Gasteiger partial charge is 0.573 e. The standard InChI is InChI=1S/C33H35F6NO6/c1-29(2)43-21-28(44-29)20-42-27-5-3-4-22(18-27)19-30(14-16-40-17-15-30)31(41,23-6-10-25(11-7-23)45-32(34,35)36)24-8-12-26(13-9-24)46-33(37,38)39/h3-13,18,28,40-41H,14-17,19-21H2,1-2H3. The molecule has 7 nitrogen and oxygen atoms in total. The third-order valence-electron chi connectivity index (χ3n) is 8.28. The summed E-state index contributed by atoms with van der Waals surface area (Å²) >= 11 is 0.